The van der Waals surface area contributed by atoms with E-state index in [0.29, 0.717) is 16.0 Å². The number of aromatic nitrogens is 2. The fourth-order valence-electron chi connectivity index (χ4n) is 1.39. The van der Waals surface area contributed by atoms with Crippen molar-refractivity contribution in [2.45, 2.75) is 6.92 Å². The van der Waals surface area contributed by atoms with Gasteiger partial charge in [-0.2, -0.15) is 9.36 Å². The number of carbonyl (C=O) groups is 1. The fourth-order valence-corrected chi connectivity index (χ4v) is 2.11. The number of rotatable bonds is 4. The van der Waals surface area contributed by atoms with Crippen LogP contribution in [-0.4, -0.2) is 28.9 Å². The first-order valence-electron chi connectivity index (χ1n) is 5.51. The fraction of sp³-hybridized carbons (Fsp3) is 0.250. The van der Waals surface area contributed by atoms with Gasteiger partial charge in [0, 0.05) is 29.3 Å². The van der Waals surface area contributed by atoms with Crippen molar-refractivity contribution < 1.29 is 9.53 Å². The van der Waals surface area contributed by atoms with Crippen molar-refractivity contribution in [3.05, 3.63) is 35.1 Å². The van der Waals surface area contributed by atoms with Crippen LogP contribution in [0.1, 0.15) is 5.82 Å². The second-order valence-electron chi connectivity index (χ2n) is 3.83. The summed E-state index contributed by atoms with van der Waals surface area (Å²) in [4.78, 5) is 17.5. The second kappa shape index (κ2) is 5.99. The number of halogens is 1. The van der Waals surface area contributed by atoms with Crippen LogP contribution in [0.2, 0.25) is 5.02 Å². The monoisotopic (exact) mass is 297 g/mol. The minimum atomic E-state index is -0.185. The molecule has 0 aliphatic rings. The molecular formula is C12H12ClN3O2S. The van der Waals surface area contributed by atoms with E-state index >= 15 is 0 Å². The van der Waals surface area contributed by atoms with E-state index in [1.54, 1.807) is 38.2 Å². The van der Waals surface area contributed by atoms with Gasteiger partial charge >= 0.3 is 0 Å². The van der Waals surface area contributed by atoms with Gasteiger partial charge in [0.2, 0.25) is 0 Å². The molecule has 100 valence electrons. The summed E-state index contributed by atoms with van der Waals surface area (Å²) in [6, 6.07) is 7.06. The topological polar surface area (TPSA) is 55.3 Å². The Bertz CT molecular complexity index is 588. The molecule has 1 aromatic heterocycles. The number of carbonyl (C=O) groups excluding carboxylic acids is 1. The Labute approximate surface area is 120 Å². The molecule has 0 saturated carbocycles. The predicted molar refractivity (Wildman–Crippen MR) is 75.0 cm³/mol. The predicted octanol–water partition coefficient (Wildman–Crippen LogP) is 2.54. The van der Waals surface area contributed by atoms with E-state index < -0.39 is 0 Å². The molecular weight excluding hydrogens is 286 g/mol. The number of aryl methyl sites for hydroxylation is 1. The number of nitrogens with zero attached hydrogens (tertiary/aromatic N) is 3. The molecule has 1 amide bonds. The van der Waals surface area contributed by atoms with Crippen LogP contribution in [0.3, 0.4) is 0 Å². The van der Waals surface area contributed by atoms with Crippen LogP contribution in [0.4, 0.5) is 5.69 Å². The van der Waals surface area contributed by atoms with Gasteiger partial charge in [0.05, 0.1) is 0 Å². The lowest BCUT2D eigenvalue weighted by atomic mass is 10.3. The smallest absolute Gasteiger partial charge is 0.293 e. The maximum absolute atomic E-state index is 11.9. The number of benzene rings is 1. The lowest BCUT2D eigenvalue weighted by molar-refractivity contribution is -0.120. The van der Waals surface area contributed by atoms with Crippen LogP contribution < -0.4 is 9.64 Å². The summed E-state index contributed by atoms with van der Waals surface area (Å²) in [6.07, 6.45) is 0. The minimum Gasteiger partial charge on any atom is -0.459 e. The van der Waals surface area contributed by atoms with Crippen molar-refractivity contribution in [2.75, 3.05) is 18.6 Å². The number of amides is 1. The van der Waals surface area contributed by atoms with Crippen LogP contribution in [0, 0.1) is 6.92 Å². The maximum Gasteiger partial charge on any atom is 0.293 e. The second-order valence-corrected chi connectivity index (χ2v) is 4.98. The van der Waals surface area contributed by atoms with Gasteiger partial charge in [-0.05, 0) is 25.1 Å². The van der Waals surface area contributed by atoms with Crippen molar-refractivity contribution in [1.29, 1.82) is 0 Å². The molecule has 0 unspecified atom stereocenters. The van der Waals surface area contributed by atoms with Crippen LogP contribution in [-0.2, 0) is 4.79 Å². The Kier molecular flexibility index (Phi) is 4.34. The van der Waals surface area contributed by atoms with Crippen LogP contribution in [0.25, 0.3) is 0 Å². The molecule has 0 fully saturated rings. The van der Waals surface area contributed by atoms with Crippen LogP contribution >= 0.6 is 23.1 Å². The quantitative estimate of drug-likeness (QED) is 0.870. The van der Waals surface area contributed by atoms with Gasteiger partial charge in [-0.1, -0.05) is 17.7 Å². The summed E-state index contributed by atoms with van der Waals surface area (Å²) in [6.45, 7) is 1.68. The van der Waals surface area contributed by atoms with E-state index in [2.05, 4.69) is 9.36 Å². The standard InChI is InChI=1S/C12H12ClN3O2S/c1-8-14-12(19-15-8)18-7-11(17)16(2)10-5-3-4-9(13)6-10/h3-6H,7H2,1-2H3. The van der Waals surface area contributed by atoms with E-state index in [9.17, 15) is 4.79 Å². The Morgan fingerprint density at radius 2 is 2.32 bits per heavy atom. The first-order chi connectivity index (χ1) is 9.06. The molecule has 2 aromatic rings. The summed E-state index contributed by atoms with van der Waals surface area (Å²) in [5.74, 6) is 0.450. The van der Waals surface area contributed by atoms with Gasteiger partial charge < -0.3 is 9.64 Å². The van der Waals surface area contributed by atoms with Crippen molar-refractivity contribution in [2.24, 2.45) is 0 Å². The third-order valence-corrected chi connectivity index (χ3v) is 3.35. The minimum absolute atomic E-state index is 0.0857. The van der Waals surface area contributed by atoms with E-state index in [4.69, 9.17) is 16.3 Å². The summed E-state index contributed by atoms with van der Waals surface area (Å²) >= 11 is 7.01. The molecule has 0 bridgehead atoms. The Balaban J connectivity index is 1.96. The third kappa shape index (κ3) is 3.65. The summed E-state index contributed by atoms with van der Waals surface area (Å²) in [7, 11) is 1.67. The SMILES string of the molecule is Cc1nsc(OCC(=O)N(C)c2cccc(Cl)c2)n1. The first-order valence-corrected chi connectivity index (χ1v) is 6.66. The molecule has 0 saturated heterocycles. The molecule has 1 heterocycles. The summed E-state index contributed by atoms with van der Waals surface area (Å²) in [5, 5.41) is 0.975. The molecule has 0 N–H and O–H groups in total. The molecule has 2 rings (SSSR count). The van der Waals surface area contributed by atoms with Gasteiger partial charge in [-0.15, -0.1) is 0 Å². The zero-order chi connectivity index (χ0) is 13.8. The highest BCUT2D eigenvalue weighted by molar-refractivity contribution is 7.07. The number of anilines is 1. The highest BCUT2D eigenvalue weighted by atomic mass is 35.5. The molecule has 1 aromatic carbocycles. The van der Waals surface area contributed by atoms with E-state index in [1.807, 2.05) is 0 Å². The lowest BCUT2D eigenvalue weighted by Crippen LogP contribution is -2.31. The molecule has 0 atom stereocenters. The molecule has 0 aliphatic carbocycles. The first kappa shape index (κ1) is 13.8. The summed E-state index contributed by atoms with van der Waals surface area (Å²) < 4.78 is 9.25. The van der Waals surface area contributed by atoms with Crippen molar-refractivity contribution in [1.82, 2.24) is 9.36 Å². The number of ether oxygens (including phenoxy) is 1. The number of likely N-dealkylation sites (N-methyl/N-ethyl adjacent to an activating group) is 1. The van der Waals surface area contributed by atoms with E-state index in [0.717, 1.165) is 17.2 Å². The van der Waals surface area contributed by atoms with Crippen LogP contribution in [0.5, 0.6) is 5.19 Å². The van der Waals surface area contributed by atoms with Gasteiger partial charge in [-0.3, -0.25) is 4.79 Å². The Hall–Kier alpha value is -1.66. The largest absolute Gasteiger partial charge is 0.459 e. The van der Waals surface area contributed by atoms with E-state index in [1.165, 1.54) is 4.90 Å². The highest BCUT2D eigenvalue weighted by Crippen LogP contribution is 2.19. The zero-order valence-corrected chi connectivity index (χ0v) is 12.0. The molecule has 0 aliphatic heterocycles. The molecule has 19 heavy (non-hydrogen) atoms. The van der Waals surface area contributed by atoms with Gasteiger partial charge in [0.25, 0.3) is 11.1 Å². The highest BCUT2D eigenvalue weighted by Gasteiger charge is 2.13. The summed E-state index contributed by atoms with van der Waals surface area (Å²) in [5.41, 5.74) is 0.717. The van der Waals surface area contributed by atoms with Crippen LogP contribution in [0.15, 0.2) is 24.3 Å². The van der Waals surface area contributed by atoms with Gasteiger partial charge in [0.15, 0.2) is 6.61 Å². The zero-order valence-electron chi connectivity index (χ0n) is 10.5. The number of hydrogen-bond donors (Lipinski definition) is 0. The molecule has 5 nitrogen and oxygen atoms in total. The van der Waals surface area contributed by atoms with Crippen molar-refractivity contribution in [3.63, 3.8) is 0 Å². The van der Waals surface area contributed by atoms with Gasteiger partial charge in [-0.25, -0.2) is 0 Å². The average molecular weight is 298 g/mol. The van der Waals surface area contributed by atoms with Crippen molar-refractivity contribution >= 4 is 34.7 Å². The van der Waals surface area contributed by atoms with E-state index in [-0.39, 0.29) is 12.5 Å². The lowest BCUT2D eigenvalue weighted by Gasteiger charge is -2.17. The molecule has 0 radical (unpaired) electrons. The normalized spacial score (nSPS) is 10.3. The molecule has 7 heteroatoms. The van der Waals surface area contributed by atoms with Gasteiger partial charge in [0.1, 0.15) is 5.82 Å². The molecule has 0 spiro atoms. The maximum atomic E-state index is 11.9. The van der Waals surface area contributed by atoms with Crippen molar-refractivity contribution in [3.8, 4) is 5.19 Å². The third-order valence-electron chi connectivity index (χ3n) is 2.40. The Morgan fingerprint density at radius 1 is 1.53 bits per heavy atom. The average Bonchev–Trinajstić information content (AvgIpc) is 2.81. The number of hydrogen-bond acceptors (Lipinski definition) is 5. The Morgan fingerprint density at radius 3 is 2.95 bits per heavy atom.